The molecule has 0 aliphatic carbocycles. The van der Waals surface area contributed by atoms with Gasteiger partial charge in [-0.2, -0.15) is 0 Å². The van der Waals surface area contributed by atoms with Gasteiger partial charge in [-0.05, 0) is 31.8 Å². The summed E-state index contributed by atoms with van der Waals surface area (Å²) in [5.41, 5.74) is 7.08. The number of nitrogen functional groups attached to an aromatic ring is 1. The molecule has 118 valence electrons. The minimum absolute atomic E-state index is 0.273. The van der Waals surface area contributed by atoms with Gasteiger partial charge < -0.3 is 20.7 Å². The first-order valence-corrected chi connectivity index (χ1v) is 7.82. The minimum atomic E-state index is -0.399. The number of rotatable bonds is 7. The first-order chi connectivity index (χ1) is 10.1. The predicted molar refractivity (Wildman–Crippen MR) is 85.3 cm³/mol. The zero-order valence-electron chi connectivity index (χ0n) is 13.0. The lowest BCUT2D eigenvalue weighted by Gasteiger charge is -2.16. The molecule has 21 heavy (non-hydrogen) atoms. The molecule has 1 aromatic carbocycles. The monoisotopic (exact) mass is 295 g/mol. The van der Waals surface area contributed by atoms with Crippen LogP contribution >= 0.6 is 0 Å². The fraction of sp³-hybridized carbons (Fsp3) is 0.625. The van der Waals surface area contributed by atoms with E-state index in [1.807, 2.05) is 6.92 Å². The van der Waals surface area contributed by atoms with Crippen LogP contribution in [0.25, 0.3) is 0 Å². The molecule has 0 spiro atoms. The highest BCUT2D eigenvalue weighted by atomic mass is 19.1. The van der Waals surface area contributed by atoms with Gasteiger partial charge in [0, 0.05) is 25.2 Å². The normalized spacial score (nSPS) is 18.9. The summed E-state index contributed by atoms with van der Waals surface area (Å²) in [6.45, 7) is 8.92. The molecule has 1 atom stereocenters. The number of likely N-dealkylation sites (tertiary alicyclic amines) is 1. The van der Waals surface area contributed by atoms with Gasteiger partial charge in [-0.3, -0.25) is 0 Å². The third-order valence-corrected chi connectivity index (χ3v) is 3.96. The molecule has 0 bridgehead atoms. The molecule has 1 aromatic rings. The van der Waals surface area contributed by atoms with Crippen molar-refractivity contribution < 1.29 is 9.13 Å². The van der Waals surface area contributed by atoms with E-state index in [1.54, 1.807) is 6.07 Å². The number of benzene rings is 1. The predicted octanol–water partition coefficient (Wildman–Crippen LogP) is 2.95. The van der Waals surface area contributed by atoms with Crippen molar-refractivity contribution in [1.29, 1.82) is 0 Å². The topological polar surface area (TPSA) is 50.5 Å². The number of halogens is 1. The Hall–Kier alpha value is -1.49. The van der Waals surface area contributed by atoms with E-state index in [2.05, 4.69) is 17.1 Å². The van der Waals surface area contributed by atoms with Crippen LogP contribution in [0.2, 0.25) is 0 Å². The number of hydrogen-bond donors (Lipinski definition) is 2. The van der Waals surface area contributed by atoms with Crippen LogP contribution in [0.4, 0.5) is 15.8 Å². The molecular formula is C16H26FN3O. The summed E-state index contributed by atoms with van der Waals surface area (Å²) < 4.78 is 19.2. The number of hydrogen-bond acceptors (Lipinski definition) is 4. The van der Waals surface area contributed by atoms with E-state index < -0.39 is 5.82 Å². The van der Waals surface area contributed by atoms with Gasteiger partial charge in [-0.1, -0.05) is 13.8 Å². The molecule has 5 heteroatoms. The summed E-state index contributed by atoms with van der Waals surface area (Å²) in [5, 5.41) is 3.35. The zero-order valence-corrected chi connectivity index (χ0v) is 13.0. The van der Waals surface area contributed by atoms with Crippen molar-refractivity contribution in [2.75, 3.05) is 43.8 Å². The van der Waals surface area contributed by atoms with Crippen molar-refractivity contribution in [3.05, 3.63) is 17.9 Å². The average molecular weight is 295 g/mol. The van der Waals surface area contributed by atoms with Crippen LogP contribution in [-0.2, 0) is 0 Å². The molecule has 1 heterocycles. The summed E-state index contributed by atoms with van der Waals surface area (Å²) >= 11 is 0. The highest BCUT2D eigenvalue weighted by Crippen LogP contribution is 2.29. The maximum absolute atomic E-state index is 13.8. The quantitative estimate of drug-likeness (QED) is 0.759. The maximum atomic E-state index is 13.8. The number of anilines is 2. The van der Waals surface area contributed by atoms with Crippen molar-refractivity contribution >= 4 is 11.4 Å². The average Bonchev–Trinajstić information content (AvgIpc) is 2.93. The maximum Gasteiger partial charge on any atom is 0.167 e. The minimum Gasteiger partial charge on any atom is -0.490 e. The van der Waals surface area contributed by atoms with E-state index in [-0.39, 0.29) is 5.75 Å². The smallest absolute Gasteiger partial charge is 0.167 e. The number of ether oxygens (including phenoxy) is 1. The van der Waals surface area contributed by atoms with E-state index in [9.17, 15) is 4.39 Å². The molecule has 2 rings (SSSR count). The summed E-state index contributed by atoms with van der Waals surface area (Å²) in [6.07, 6.45) is 2.04. The van der Waals surface area contributed by atoms with Gasteiger partial charge >= 0.3 is 0 Å². The van der Waals surface area contributed by atoms with Crippen LogP contribution in [0, 0.1) is 11.7 Å². The number of nitrogens with one attached hydrogen (secondary N) is 1. The van der Waals surface area contributed by atoms with Crippen molar-refractivity contribution in [1.82, 2.24) is 4.90 Å². The van der Waals surface area contributed by atoms with Crippen LogP contribution in [0.1, 0.15) is 26.7 Å². The van der Waals surface area contributed by atoms with Gasteiger partial charge in [0.25, 0.3) is 0 Å². The number of nitrogens with two attached hydrogens (primary N) is 1. The Labute approximate surface area is 126 Å². The van der Waals surface area contributed by atoms with Crippen LogP contribution in [0.5, 0.6) is 5.75 Å². The highest BCUT2D eigenvalue weighted by molar-refractivity contribution is 5.68. The second-order valence-electron chi connectivity index (χ2n) is 5.65. The Morgan fingerprint density at radius 2 is 2.24 bits per heavy atom. The summed E-state index contributed by atoms with van der Waals surface area (Å²) in [7, 11) is 0. The molecule has 3 N–H and O–H groups in total. The Morgan fingerprint density at radius 3 is 2.90 bits per heavy atom. The van der Waals surface area contributed by atoms with Gasteiger partial charge in [0.1, 0.15) is 0 Å². The van der Waals surface area contributed by atoms with Gasteiger partial charge in [-0.25, -0.2) is 4.39 Å². The summed E-state index contributed by atoms with van der Waals surface area (Å²) in [5.74, 6) is 0.495. The van der Waals surface area contributed by atoms with Gasteiger partial charge in [0.2, 0.25) is 0 Å². The van der Waals surface area contributed by atoms with E-state index in [0.717, 1.165) is 38.3 Å². The second kappa shape index (κ2) is 7.50. The lowest BCUT2D eigenvalue weighted by atomic mass is 10.1. The van der Waals surface area contributed by atoms with E-state index in [1.165, 1.54) is 12.5 Å². The van der Waals surface area contributed by atoms with Gasteiger partial charge in [-0.15, -0.1) is 0 Å². The molecule has 0 amide bonds. The Morgan fingerprint density at radius 1 is 1.43 bits per heavy atom. The molecule has 0 radical (unpaired) electrons. The molecule has 1 unspecified atom stereocenters. The van der Waals surface area contributed by atoms with Crippen molar-refractivity contribution in [2.45, 2.75) is 26.7 Å². The van der Waals surface area contributed by atoms with Gasteiger partial charge in [0.05, 0.1) is 18.0 Å². The van der Waals surface area contributed by atoms with Crippen LogP contribution in [0.15, 0.2) is 12.1 Å². The zero-order chi connectivity index (χ0) is 15.2. The second-order valence-corrected chi connectivity index (χ2v) is 5.65. The first-order valence-electron chi connectivity index (χ1n) is 7.82. The lowest BCUT2D eigenvalue weighted by molar-refractivity contribution is 0.301. The standard InChI is InChI=1S/C16H26FN3O/c1-3-7-21-16-9-15(14(18)8-13(16)17)19-10-12-5-6-20(4-2)11-12/h8-9,12,19H,3-7,10-11,18H2,1-2H3. The fourth-order valence-corrected chi connectivity index (χ4v) is 2.67. The van der Waals surface area contributed by atoms with E-state index in [0.29, 0.717) is 18.2 Å². The first kappa shape index (κ1) is 15.9. The summed E-state index contributed by atoms with van der Waals surface area (Å²) in [4.78, 5) is 2.44. The Bertz CT molecular complexity index is 467. The molecule has 1 aliphatic rings. The third kappa shape index (κ3) is 4.24. The molecule has 0 saturated carbocycles. The van der Waals surface area contributed by atoms with Crippen molar-refractivity contribution in [2.24, 2.45) is 5.92 Å². The molecule has 0 aromatic heterocycles. The van der Waals surface area contributed by atoms with Crippen LogP contribution in [0.3, 0.4) is 0 Å². The largest absolute Gasteiger partial charge is 0.490 e. The molecule has 1 aliphatic heterocycles. The molecular weight excluding hydrogens is 269 g/mol. The number of nitrogens with zero attached hydrogens (tertiary/aromatic N) is 1. The van der Waals surface area contributed by atoms with Crippen molar-refractivity contribution in [3.63, 3.8) is 0 Å². The SMILES string of the molecule is CCCOc1cc(NCC2CCN(CC)C2)c(N)cc1F. The lowest BCUT2D eigenvalue weighted by Crippen LogP contribution is -2.22. The van der Waals surface area contributed by atoms with Crippen molar-refractivity contribution in [3.8, 4) is 5.75 Å². The van der Waals surface area contributed by atoms with Crippen LogP contribution < -0.4 is 15.8 Å². The third-order valence-electron chi connectivity index (χ3n) is 3.96. The highest BCUT2D eigenvalue weighted by Gasteiger charge is 2.21. The van der Waals surface area contributed by atoms with E-state index >= 15 is 0 Å². The Balaban J connectivity index is 1.96. The van der Waals surface area contributed by atoms with Crippen LogP contribution in [-0.4, -0.2) is 37.7 Å². The Kier molecular flexibility index (Phi) is 5.67. The molecule has 4 nitrogen and oxygen atoms in total. The molecule has 1 fully saturated rings. The van der Waals surface area contributed by atoms with Gasteiger partial charge in [0.15, 0.2) is 11.6 Å². The van der Waals surface area contributed by atoms with E-state index in [4.69, 9.17) is 10.5 Å². The fourth-order valence-electron chi connectivity index (χ4n) is 2.67. The molecule has 1 saturated heterocycles. The summed E-state index contributed by atoms with van der Waals surface area (Å²) in [6, 6.07) is 3.01.